The number of methoxy groups -OCH3 is 1. The lowest BCUT2D eigenvalue weighted by atomic mass is 10.1. The number of benzene rings is 1. The predicted octanol–water partition coefficient (Wildman–Crippen LogP) is 5.54. The van der Waals surface area contributed by atoms with Gasteiger partial charge in [-0.1, -0.05) is 48.8 Å². The number of halogens is 1. The molecule has 1 aromatic carbocycles. The van der Waals surface area contributed by atoms with Crippen molar-refractivity contribution in [2.75, 3.05) is 19.0 Å². The highest BCUT2D eigenvalue weighted by molar-refractivity contribution is 9.09. The topological polar surface area (TPSA) is 36.9 Å². The summed E-state index contributed by atoms with van der Waals surface area (Å²) in [7, 11) is -0.164. The van der Waals surface area contributed by atoms with Gasteiger partial charge in [0.1, 0.15) is 11.9 Å². The largest absolute Gasteiger partial charge is 0.497 e. The monoisotopic (exact) mass is 458 g/mol. The van der Waals surface area contributed by atoms with Crippen molar-refractivity contribution in [2.24, 2.45) is 0 Å². The van der Waals surface area contributed by atoms with Gasteiger partial charge in [-0.2, -0.15) is 0 Å². The minimum absolute atomic E-state index is 0.00132. The predicted molar refractivity (Wildman–Crippen MR) is 116 cm³/mol. The maximum absolute atomic E-state index is 6.69. The molecule has 0 amide bonds. The van der Waals surface area contributed by atoms with Gasteiger partial charge in [0.25, 0.3) is 0 Å². The van der Waals surface area contributed by atoms with Crippen LogP contribution in [0.4, 0.5) is 0 Å². The maximum Gasteiger partial charge on any atom is 0.192 e. The Morgan fingerprint density at radius 3 is 2.41 bits per heavy atom. The Balaban J connectivity index is 1.94. The molecule has 1 aromatic rings. The van der Waals surface area contributed by atoms with Crippen molar-refractivity contribution in [1.29, 1.82) is 0 Å². The Labute approximate surface area is 174 Å². The molecule has 0 spiro atoms. The minimum Gasteiger partial charge on any atom is -0.497 e. The second kappa shape index (κ2) is 9.88. The Kier molecular flexibility index (Phi) is 8.37. The average molecular weight is 459 g/mol. The first kappa shape index (κ1) is 22.9. The zero-order chi connectivity index (χ0) is 20.1. The number of ether oxygens (including phenoxy) is 3. The van der Waals surface area contributed by atoms with Crippen molar-refractivity contribution in [3.63, 3.8) is 0 Å². The van der Waals surface area contributed by atoms with Gasteiger partial charge in [-0.15, -0.1) is 0 Å². The third-order valence-electron chi connectivity index (χ3n) is 5.67. The summed E-state index contributed by atoms with van der Waals surface area (Å²) in [5.41, 5.74) is 1.13. The lowest BCUT2D eigenvalue weighted by Crippen LogP contribution is -2.46. The van der Waals surface area contributed by atoms with E-state index in [1.165, 1.54) is 0 Å². The fraction of sp³-hybridized carbons (Fsp3) is 0.714. The number of rotatable bonds is 9. The van der Waals surface area contributed by atoms with Gasteiger partial charge in [0, 0.05) is 11.8 Å². The fourth-order valence-corrected chi connectivity index (χ4v) is 4.82. The Morgan fingerprint density at radius 1 is 1.19 bits per heavy atom. The van der Waals surface area contributed by atoms with E-state index in [1.807, 2.05) is 24.3 Å². The standard InChI is InChI=1S/C21H35BrO4Si/c1-21(2,3)27(5,6)26-19-13-18(11-12-22)25-20(19)15-24-14-16-7-9-17(23-4)10-8-16/h7-10,18-20H,11-15H2,1-6H3/t18-,19-,20-/m0/s1. The molecule has 1 fully saturated rings. The average Bonchev–Trinajstić information content (AvgIpc) is 2.95. The molecule has 0 unspecified atom stereocenters. The summed E-state index contributed by atoms with van der Waals surface area (Å²) in [6, 6.07) is 7.98. The Morgan fingerprint density at radius 2 is 1.85 bits per heavy atom. The van der Waals surface area contributed by atoms with Crippen LogP contribution in [0.1, 0.15) is 39.2 Å². The zero-order valence-corrected chi connectivity index (χ0v) is 20.2. The number of alkyl halides is 1. The molecular formula is C21H35BrO4Si. The van der Waals surface area contributed by atoms with Crippen molar-refractivity contribution >= 4 is 24.2 Å². The van der Waals surface area contributed by atoms with Gasteiger partial charge in [-0.05, 0) is 42.2 Å². The molecule has 3 atom stereocenters. The van der Waals surface area contributed by atoms with Crippen LogP contribution in [0.3, 0.4) is 0 Å². The lowest BCUT2D eigenvalue weighted by Gasteiger charge is -2.39. The van der Waals surface area contributed by atoms with E-state index in [2.05, 4.69) is 49.8 Å². The first-order valence-electron chi connectivity index (χ1n) is 9.76. The quantitative estimate of drug-likeness (QED) is 0.359. The van der Waals surface area contributed by atoms with Gasteiger partial charge in [-0.3, -0.25) is 0 Å². The van der Waals surface area contributed by atoms with E-state index in [1.54, 1.807) is 7.11 Å². The highest BCUT2D eigenvalue weighted by atomic mass is 79.9. The van der Waals surface area contributed by atoms with E-state index in [0.29, 0.717) is 13.2 Å². The summed E-state index contributed by atoms with van der Waals surface area (Å²) in [5, 5.41) is 1.14. The smallest absolute Gasteiger partial charge is 0.192 e. The first-order chi connectivity index (χ1) is 12.7. The van der Waals surface area contributed by atoms with Crippen molar-refractivity contribution in [3.05, 3.63) is 29.8 Å². The van der Waals surface area contributed by atoms with E-state index < -0.39 is 8.32 Å². The van der Waals surface area contributed by atoms with Crippen LogP contribution in [-0.4, -0.2) is 45.7 Å². The van der Waals surface area contributed by atoms with Crippen LogP contribution in [0, 0.1) is 0 Å². The molecule has 1 saturated heterocycles. The van der Waals surface area contributed by atoms with E-state index >= 15 is 0 Å². The fourth-order valence-electron chi connectivity index (χ4n) is 2.95. The molecule has 1 heterocycles. The van der Waals surface area contributed by atoms with Crippen LogP contribution >= 0.6 is 15.9 Å². The SMILES string of the molecule is COc1ccc(COC[C@@H]2O[C@@H](CCBr)C[C@@H]2O[Si](C)(C)C(C)(C)C)cc1. The van der Waals surface area contributed by atoms with Crippen molar-refractivity contribution < 1.29 is 18.6 Å². The summed E-state index contributed by atoms with van der Waals surface area (Å²) in [5.74, 6) is 0.860. The summed E-state index contributed by atoms with van der Waals surface area (Å²) in [4.78, 5) is 0. The van der Waals surface area contributed by atoms with Crippen molar-refractivity contribution in [2.45, 2.75) is 76.7 Å². The zero-order valence-electron chi connectivity index (χ0n) is 17.6. The molecule has 6 heteroatoms. The summed E-state index contributed by atoms with van der Waals surface area (Å²) in [6.45, 7) is 12.6. The number of hydrogen-bond acceptors (Lipinski definition) is 4. The van der Waals surface area contributed by atoms with Crippen LogP contribution in [0.2, 0.25) is 18.1 Å². The molecule has 0 radical (unpaired) electrons. The van der Waals surface area contributed by atoms with Crippen LogP contribution in [0.5, 0.6) is 5.75 Å². The first-order valence-corrected chi connectivity index (χ1v) is 13.8. The molecule has 4 nitrogen and oxygen atoms in total. The molecular weight excluding hydrogens is 424 g/mol. The lowest BCUT2D eigenvalue weighted by molar-refractivity contribution is -0.0458. The maximum atomic E-state index is 6.69. The van der Waals surface area contributed by atoms with Gasteiger partial charge in [-0.25, -0.2) is 0 Å². The summed E-state index contributed by atoms with van der Waals surface area (Å²) < 4.78 is 24.1. The van der Waals surface area contributed by atoms with Gasteiger partial charge >= 0.3 is 0 Å². The third kappa shape index (κ3) is 6.56. The minimum atomic E-state index is -1.84. The number of hydrogen-bond donors (Lipinski definition) is 0. The molecule has 2 rings (SSSR count). The summed E-state index contributed by atoms with van der Waals surface area (Å²) >= 11 is 3.53. The van der Waals surface area contributed by atoms with E-state index in [0.717, 1.165) is 29.5 Å². The second-order valence-electron chi connectivity index (χ2n) is 8.79. The molecule has 0 N–H and O–H groups in total. The van der Waals surface area contributed by atoms with Crippen LogP contribution in [0.15, 0.2) is 24.3 Å². The van der Waals surface area contributed by atoms with Gasteiger partial charge in [0.15, 0.2) is 8.32 Å². The van der Waals surface area contributed by atoms with Crippen molar-refractivity contribution in [1.82, 2.24) is 0 Å². The van der Waals surface area contributed by atoms with Gasteiger partial charge < -0.3 is 18.6 Å². The molecule has 0 saturated carbocycles. The highest BCUT2D eigenvalue weighted by Crippen LogP contribution is 2.40. The van der Waals surface area contributed by atoms with E-state index in [4.69, 9.17) is 18.6 Å². The summed E-state index contributed by atoms with van der Waals surface area (Å²) in [6.07, 6.45) is 2.32. The molecule has 0 bridgehead atoms. The van der Waals surface area contributed by atoms with Crippen molar-refractivity contribution in [3.8, 4) is 5.75 Å². The highest BCUT2D eigenvalue weighted by Gasteiger charge is 2.44. The molecule has 0 aliphatic carbocycles. The Bertz CT molecular complexity index is 571. The van der Waals surface area contributed by atoms with E-state index in [9.17, 15) is 0 Å². The molecule has 1 aliphatic rings. The third-order valence-corrected chi connectivity index (χ3v) is 10.6. The van der Waals surface area contributed by atoms with Gasteiger partial charge in [0.05, 0.1) is 32.5 Å². The second-order valence-corrected chi connectivity index (χ2v) is 14.3. The molecule has 1 aliphatic heterocycles. The van der Waals surface area contributed by atoms with Crippen LogP contribution in [-0.2, 0) is 20.5 Å². The normalized spacial score (nSPS) is 23.6. The van der Waals surface area contributed by atoms with Gasteiger partial charge in [0.2, 0.25) is 0 Å². The van der Waals surface area contributed by atoms with Crippen LogP contribution in [0.25, 0.3) is 0 Å². The molecule has 27 heavy (non-hydrogen) atoms. The Hall–Kier alpha value is -0.403. The van der Waals surface area contributed by atoms with Crippen LogP contribution < -0.4 is 4.74 Å². The molecule has 0 aromatic heterocycles. The van der Waals surface area contributed by atoms with E-state index in [-0.39, 0.29) is 23.4 Å². The molecule has 154 valence electrons.